The zero-order chi connectivity index (χ0) is 19.0. The summed E-state index contributed by atoms with van der Waals surface area (Å²) in [5.74, 6) is 0. The Labute approximate surface area is 156 Å². The number of benzene rings is 2. The van der Waals surface area contributed by atoms with Gasteiger partial charge < -0.3 is 5.41 Å². The van der Waals surface area contributed by atoms with Gasteiger partial charge in [0.2, 0.25) is 0 Å². The summed E-state index contributed by atoms with van der Waals surface area (Å²) in [6.07, 6.45) is 3.33. The third-order valence-electron chi connectivity index (χ3n) is 5.32. The first-order chi connectivity index (χ1) is 12.4. The summed E-state index contributed by atoms with van der Waals surface area (Å²) in [5, 5.41) is 7.84. The Balaban J connectivity index is 2.40. The van der Waals surface area contributed by atoms with E-state index in [9.17, 15) is 0 Å². The molecule has 0 aliphatic heterocycles. The predicted octanol–water partition coefficient (Wildman–Crippen LogP) is 6.26. The van der Waals surface area contributed by atoms with Crippen LogP contribution in [-0.2, 0) is 0 Å². The molecule has 0 aliphatic rings. The Morgan fingerprint density at radius 2 is 1.31 bits per heavy atom. The van der Waals surface area contributed by atoms with Crippen LogP contribution in [-0.4, -0.2) is 11.2 Å². The van der Waals surface area contributed by atoms with Gasteiger partial charge in [0.1, 0.15) is 0 Å². The Morgan fingerprint density at radius 3 is 1.88 bits per heavy atom. The molecule has 0 saturated heterocycles. The minimum absolute atomic E-state index is 1.01. The van der Waals surface area contributed by atoms with Crippen molar-refractivity contribution >= 4 is 6.21 Å². The molecule has 26 heavy (non-hydrogen) atoms. The van der Waals surface area contributed by atoms with Gasteiger partial charge in [-0.3, -0.25) is 4.98 Å². The summed E-state index contributed by atoms with van der Waals surface area (Å²) in [6.45, 7) is 12.9. The number of hydrogen-bond acceptors (Lipinski definition) is 2. The van der Waals surface area contributed by atoms with Crippen molar-refractivity contribution in [3.63, 3.8) is 0 Å². The summed E-state index contributed by atoms with van der Waals surface area (Å²) in [5.41, 5.74) is 13.1. The summed E-state index contributed by atoms with van der Waals surface area (Å²) in [7, 11) is 0. The van der Waals surface area contributed by atoms with Gasteiger partial charge in [0.25, 0.3) is 0 Å². The molecule has 0 radical (unpaired) electrons. The topological polar surface area (TPSA) is 36.7 Å². The van der Waals surface area contributed by atoms with E-state index in [1.165, 1.54) is 50.7 Å². The first-order valence-corrected chi connectivity index (χ1v) is 9.00. The minimum atomic E-state index is 1.01. The second-order valence-corrected chi connectivity index (χ2v) is 7.17. The lowest BCUT2D eigenvalue weighted by atomic mass is 9.82. The van der Waals surface area contributed by atoms with Crippen LogP contribution in [0.15, 0.2) is 36.5 Å². The monoisotopic (exact) mass is 342 g/mol. The molecule has 3 rings (SSSR count). The normalized spacial score (nSPS) is 10.8. The van der Waals surface area contributed by atoms with Crippen molar-refractivity contribution in [3.8, 4) is 22.4 Å². The molecule has 132 valence electrons. The Hall–Kier alpha value is -2.74. The van der Waals surface area contributed by atoms with Gasteiger partial charge in [-0.05, 0) is 104 Å². The molecule has 2 nitrogen and oxygen atoms in total. The Kier molecular flexibility index (Phi) is 4.78. The van der Waals surface area contributed by atoms with Crippen LogP contribution >= 0.6 is 0 Å². The molecule has 1 aromatic heterocycles. The van der Waals surface area contributed by atoms with Gasteiger partial charge in [-0.2, -0.15) is 0 Å². The number of nitrogens with one attached hydrogen (secondary N) is 1. The van der Waals surface area contributed by atoms with Crippen molar-refractivity contribution in [2.45, 2.75) is 41.5 Å². The highest BCUT2D eigenvalue weighted by Gasteiger charge is 2.19. The van der Waals surface area contributed by atoms with Crippen LogP contribution in [0.4, 0.5) is 0 Å². The van der Waals surface area contributed by atoms with Gasteiger partial charge in [0.05, 0.1) is 5.69 Å². The number of aryl methyl sites for hydroxylation is 4. The molecule has 0 spiro atoms. The van der Waals surface area contributed by atoms with Crippen LogP contribution in [0.25, 0.3) is 22.4 Å². The number of aromatic nitrogens is 1. The third kappa shape index (κ3) is 2.86. The summed E-state index contributed by atoms with van der Waals surface area (Å²) in [4.78, 5) is 4.59. The average molecular weight is 342 g/mol. The van der Waals surface area contributed by atoms with E-state index in [1.54, 1.807) is 0 Å². The van der Waals surface area contributed by atoms with E-state index >= 15 is 0 Å². The van der Waals surface area contributed by atoms with Crippen LogP contribution in [0.1, 0.15) is 38.9 Å². The molecule has 0 atom stereocenters. The number of hydrogen-bond donors (Lipinski definition) is 1. The van der Waals surface area contributed by atoms with E-state index in [4.69, 9.17) is 5.41 Å². The van der Waals surface area contributed by atoms with E-state index < -0.39 is 0 Å². The van der Waals surface area contributed by atoms with Crippen LogP contribution in [0.3, 0.4) is 0 Å². The van der Waals surface area contributed by atoms with Crippen LogP contribution < -0.4 is 0 Å². The van der Waals surface area contributed by atoms with Crippen molar-refractivity contribution in [1.82, 2.24) is 4.98 Å². The molecule has 0 unspecified atom stereocenters. The van der Waals surface area contributed by atoms with Gasteiger partial charge in [-0.15, -0.1) is 0 Å². The molecular weight excluding hydrogens is 316 g/mol. The fraction of sp³-hybridized carbons (Fsp3) is 0.250. The first kappa shape index (κ1) is 18.1. The second-order valence-electron chi connectivity index (χ2n) is 7.17. The smallest absolute Gasteiger partial charge is 0.0707 e. The van der Waals surface area contributed by atoms with Crippen molar-refractivity contribution < 1.29 is 0 Å². The fourth-order valence-corrected chi connectivity index (χ4v) is 4.28. The van der Waals surface area contributed by atoms with Crippen LogP contribution in [0.2, 0.25) is 0 Å². The highest BCUT2D eigenvalue weighted by Crippen LogP contribution is 2.40. The maximum absolute atomic E-state index is 7.84. The van der Waals surface area contributed by atoms with Crippen molar-refractivity contribution in [2.75, 3.05) is 0 Å². The standard InChI is InChI=1S/C24H26N2/c1-14-11-16(3)23(18(5)20(14)13-25)24-17(4)12-15(2)22(19(24)6)21-9-7-8-10-26-21/h7-13,25H,1-6H3. The molecule has 2 heteroatoms. The zero-order valence-corrected chi connectivity index (χ0v) is 16.5. The van der Waals surface area contributed by atoms with Gasteiger partial charge in [0.15, 0.2) is 0 Å². The van der Waals surface area contributed by atoms with Gasteiger partial charge in [-0.25, -0.2) is 0 Å². The lowest BCUT2D eigenvalue weighted by Crippen LogP contribution is -2.03. The maximum atomic E-state index is 7.84. The molecule has 2 aromatic carbocycles. The largest absolute Gasteiger partial charge is 0.308 e. The zero-order valence-electron chi connectivity index (χ0n) is 16.5. The van der Waals surface area contributed by atoms with E-state index in [2.05, 4.69) is 64.7 Å². The highest BCUT2D eigenvalue weighted by atomic mass is 14.7. The number of pyridine rings is 1. The minimum Gasteiger partial charge on any atom is -0.308 e. The SMILES string of the molecule is Cc1cc(C)c(-c2c(C)cc(C)c(-c3ccccn3)c2C)c(C)c1C=N. The van der Waals surface area contributed by atoms with Gasteiger partial charge in [-0.1, -0.05) is 18.2 Å². The quantitative estimate of drug-likeness (QED) is 0.560. The fourth-order valence-electron chi connectivity index (χ4n) is 4.28. The average Bonchev–Trinajstić information content (AvgIpc) is 2.58. The third-order valence-corrected chi connectivity index (χ3v) is 5.32. The summed E-state index contributed by atoms with van der Waals surface area (Å²) in [6, 6.07) is 10.5. The molecule has 0 amide bonds. The molecule has 0 saturated carbocycles. The van der Waals surface area contributed by atoms with Gasteiger partial charge >= 0.3 is 0 Å². The lowest BCUT2D eigenvalue weighted by molar-refractivity contribution is 1.24. The lowest BCUT2D eigenvalue weighted by Gasteiger charge is -2.22. The van der Waals surface area contributed by atoms with E-state index in [1.807, 2.05) is 18.3 Å². The molecule has 0 bridgehead atoms. The Bertz CT molecular complexity index is 999. The summed E-state index contributed by atoms with van der Waals surface area (Å²) < 4.78 is 0. The second kappa shape index (κ2) is 6.87. The van der Waals surface area contributed by atoms with E-state index in [-0.39, 0.29) is 0 Å². The molecule has 1 N–H and O–H groups in total. The van der Waals surface area contributed by atoms with Crippen LogP contribution in [0, 0.1) is 47.0 Å². The maximum Gasteiger partial charge on any atom is 0.0707 e. The Morgan fingerprint density at radius 1 is 0.731 bits per heavy atom. The molecular formula is C24H26N2. The van der Waals surface area contributed by atoms with Crippen molar-refractivity contribution in [2.24, 2.45) is 0 Å². The molecule has 0 fully saturated rings. The molecule has 1 heterocycles. The first-order valence-electron chi connectivity index (χ1n) is 9.00. The predicted molar refractivity (Wildman–Crippen MR) is 111 cm³/mol. The van der Waals surface area contributed by atoms with E-state index in [0.717, 1.165) is 16.8 Å². The molecule has 3 aromatic rings. The van der Waals surface area contributed by atoms with Crippen LogP contribution in [0.5, 0.6) is 0 Å². The van der Waals surface area contributed by atoms with Gasteiger partial charge in [0, 0.05) is 18.0 Å². The number of nitrogens with zero attached hydrogens (tertiary/aromatic N) is 1. The number of rotatable bonds is 3. The summed E-state index contributed by atoms with van der Waals surface area (Å²) >= 11 is 0. The van der Waals surface area contributed by atoms with Crippen molar-refractivity contribution in [3.05, 3.63) is 75.5 Å². The van der Waals surface area contributed by atoms with Crippen molar-refractivity contribution in [1.29, 1.82) is 5.41 Å². The highest BCUT2D eigenvalue weighted by molar-refractivity contribution is 5.90. The molecule has 0 aliphatic carbocycles. The van der Waals surface area contributed by atoms with E-state index in [0.29, 0.717) is 0 Å².